The van der Waals surface area contributed by atoms with Crippen LogP contribution in [0.3, 0.4) is 0 Å². The van der Waals surface area contributed by atoms with Gasteiger partial charge in [-0.25, -0.2) is 0 Å². The minimum atomic E-state index is 1.34. The number of unbranched alkanes of at least 4 members (excludes halogenated alkanes) is 16. The molecule has 0 aromatic heterocycles. The van der Waals surface area contributed by atoms with Crippen molar-refractivity contribution in [3.05, 3.63) is 0 Å². The standard InChI is InChI=1S/C23H49N/c1-4-6-8-9-10-11-12-13-14-15-16-17-18-19-20-21-23-24(3)22-7-5-2/h4-23H2,1-3H3/p+1. The first-order valence-corrected chi connectivity index (χ1v) is 11.6. The highest BCUT2D eigenvalue weighted by molar-refractivity contribution is 4.49. The number of nitrogens with one attached hydrogen (secondary N) is 1. The normalized spacial score (nSPS) is 12.6. The van der Waals surface area contributed by atoms with Crippen LogP contribution >= 0.6 is 0 Å². The molecule has 0 aliphatic rings. The van der Waals surface area contributed by atoms with Crippen LogP contribution in [0, 0.1) is 0 Å². The molecule has 0 amide bonds. The zero-order valence-corrected chi connectivity index (χ0v) is 17.6. The van der Waals surface area contributed by atoms with Crippen molar-refractivity contribution in [3.63, 3.8) is 0 Å². The molecule has 0 rings (SSSR count). The summed E-state index contributed by atoms with van der Waals surface area (Å²) in [4.78, 5) is 1.74. The SMILES string of the molecule is CCCCCCCCCCCCCCCCCC[NH+](C)CCCC. The van der Waals surface area contributed by atoms with Gasteiger partial charge in [-0.15, -0.1) is 0 Å². The molecule has 1 unspecified atom stereocenters. The van der Waals surface area contributed by atoms with Gasteiger partial charge in [-0.05, 0) is 19.3 Å². The number of hydrogen-bond acceptors (Lipinski definition) is 0. The van der Waals surface area contributed by atoms with Gasteiger partial charge < -0.3 is 4.90 Å². The highest BCUT2D eigenvalue weighted by Gasteiger charge is 2.00. The average Bonchev–Trinajstić information content (AvgIpc) is 2.59. The number of quaternary nitrogens is 1. The fourth-order valence-corrected chi connectivity index (χ4v) is 3.58. The van der Waals surface area contributed by atoms with Gasteiger partial charge in [0, 0.05) is 0 Å². The minimum Gasteiger partial charge on any atom is -0.337 e. The van der Waals surface area contributed by atoms with Crippen LogP contribution in [0.5, 0.6) is 0 Å². The van der Waals surface area contributed by atoms with Gasteiger partial charge in [-0.3, -0.25) is 0 Å². The predicted molar refractivity (Wildman–Crippen MR) is 111 cm³/mol. The summed E-state index contributed by atoms with van der Waals surface area (Å²) < 4.78 is 0. The Hall–Kier alpha value is -0.0400. The predicted octanol–water partition coefficient (Wildman–Crippen LogP) is 6.56. The number of rotatable bonds is 20. The molecule has 0 aromatic carbocycles. The van der Waals surface area contributed by atoms with E-state index in [9.17, 15) is 0 Å². The van der Waals surface area contributed by atoms with Gasteiger partial charge in [0.1, 0.15) is 0 Å². The monoisotopic (exact) mass is 340 g/mol. The highest BCUT2D eigenvalue weighted by Crippen LogP contribution is 2.13. The molecule has 1 N–H and O–H groups in total. The van der Waals surface area contributed by atoms with Crippen LogP contribution in [0.4, 0.5) is 0 Å². The molecule has 0 bridgehead atoms. The summed E-state index contributed by atoms with van der Waals surface area (Å²) in [5.74, 6) is 0. The molecule has 1 heteroatoms. The van der Waals surface area contributed by atoms with Crippen molar-refractivity contribution in [2.75, 3.05) is 20.1 Å². The Labute approximate surface area is 155 Å². The zero-order chi connectivity index (χ0) is 17.7. The van der Waals surface area contributed by atoms with E-state index in [1.54, 1.807) is 4.90 Å². The lowest BCUT2D eigenvalue weighted by Crippen LogP contribution is -3.09. The Kier molecular flexibility index (Phi) is 21.0. The molecular weight excluding hydrogens is 290 g/mol. The Bertz CT molecular complexity index is 214. The van der Waals surface area contributed by atoms with Crippen LogP contribution in [-0.4, -0.2) is 20.1 Å². The lowest BCUT2D eigenvalue weighted by molar-refractivity contribution is -0.880. The first kappa shape index (κ1) is 24.0. The third-order valence-corrected chi connectivity index (χ3v) is 5.41. The third kappa shape index (κ3) is 20.0. The summed E-state index contributed by atoms with van der Waals surface area (Å²) >= 11 is 0. The maximum absolute atomic E-state index is 2.36. The summed E-state index contributed by atoms with van der Waals surface area (Å²) in [5.41, 5.74) is 0. The van der Waals surface area contributed by atoms with E-state index in [0.717, 1.165) is 0 Å². The summed E-state index contributed by atoms with van der Waals surface area (Å²) in [6.45, 7) is 7.35. The second-order valence-electron chi connectivity index (χ2n) is 8.11. The van der Waals surface area contributed by atoms with Gasteiger partial charge in [-0.1, -0.05) is 110 Å². The Morgan fingerprint density at radius 3 is 1.04 bits per heavy atom. The van der Waals surface area contributed by atoms with Crippen molar-refractivity contribution in [2.24, 2.45) is 0 Å². The summed E-state index contributed by atoms with van der Waals surface area (Å²) in [6.07, 6.45) is 26.2. The topological polar surface area (TPSA) is 4.44 Å². The highest BCUT2D eigenvalue weighted by atomic mass is 15.1. The maximum atomic E-state index is 2.36. The second kappa shape index (κ2) is 21.0. The lowest BCUT2D eigenvalue weighted by Gasteiger charge is -2.13. The molecule has 0 aromatic rings. The molecule has 1 nitrogen and oxygen atoms in total. The fourth-order valence-electron chi connectivity index (χ4n) is 3.58. The van der Waals surface area contributed by atoms with Crippen LogP contribution in [0.1, 0.15) is 129 Å². The minimum absolute atomic E-state index is 1.34. The van der Waals surface area contributed by atoms with Crippen molar-refractivity contribution in [1.29, 1.82) is 0 Å². The quantitative estimate of drug-likeness (QED) is 0.239. The molecule has 24 heavy (non-hydrogen) atoms. The maximum Gasteiger partial charge on any atom is 0.0768 e. The van der Waals surface area contributed by atoms with E-state index in [-0.39, 0.29) is 0 Å². The summed E-state index contributed by atoms with van der Waals surface area (Å²) in [5, 5.41) is 0. The fraction of sp³-hybridized carbons (Fsp3) is 1.00. The lowest BCUT2D eigenvalue weighted by atomic mass is 10.0. The van der Waals surface area contributed by atoms with E-state index in [4.69, 9.17) is 0 Å². The van der Waals surface area contributed by atoms with Crippen molar-refractivity contribution >= 4 is 0 Å². The van der Waals surface area contributed by atoms with Crippen LogP contribution in [0.2, 0.25) is 0 Å². The van der Waals surface area contributed by atoms with Crippen LogP contribution in [0.25, 0.3) is 0 Å². The molecule has 1 atom stereocenters. The first-order chi connectivity index (χ1) is 11.8. The molecule has 0 saturated heterocycles. The average molecular weight is 341 g/mol. The van der Waals surface area contributed by atoms with Crippen molar-refractivity contribution in [1.82, 2.24) is 0 Å². The van der Waals surface area contributed by atoms with Gasteiger partial charge >= 0.3 is 0 Å². The first-order valence-electron chi connectivity index (χ1n) is 11.6. The summed E-state index contributed by atoms with van der Waals surface area (Å²) in [7, 11) is 2.36. The Morgan fingerprint density at radius 2 is 0.667 bits per heavy atom. The summed E-state index contributed by atoms with van der Waals surface area (Å²) in [6, 6.07) is 0. The van der Waals surface area contributed by atoms with Crippen molar-refractivity contribution < 1.29 is 4.90 Å². The van der Waals surface area contributed by atoms with E-state index in [1.807, 2.05) is 0 Å². The van der Waals surface area contributed by atoms with Crippen LogP contribution in [0.15, 0.2) is 0 Å². The Balaban J connectivity index is 3.02. The third-order valence-electron chi connectivity index (χ3n) is 5.41. The largest absolute Gasteiger partial charge is 0.337 e. The van der Waals surface area contributed by atoms with Crippen molar-refractivity contribution in [2.45, 2.75) is 129 Å². The van der Waals surface area contributed by atoms with Gasteiger partial charge in [0.15, 0.2) is 0 Å². The van der Waals surface area contributed by atoms with Crippen LogP contribution in [-0.2, 0) is 0 Å². The van der Waals surface area contributed by atoms with Gasteiger partial charge in [-0.2, -0.15) is 0 Å². The molecule has 0 radical (unpaired) electrons. The van der Waals surface area contributed by atoms with E-state index in [0.29, 0.717) is 0 Å². The van der Waals surface area contributed by atoms with E-state index in [1.165, 1.54) is 129 Å². The molecule has 0 saturated carbocycles. The molecule has 0 spiro atoms. The van der Waals surface area contributed by atoms with Gasteiger partial charge in [0.2, 0.25) is 0 Å². The molecular formula is C23H50N+. The molecule has 0 heterocycles. The number of hydrogen-bond donors (Lipinski definition) is 1. The van der Waals surface area contributed by atoms with Crippen LogP contribution < -0.4 is 4.90 Å². The van der Waals surface area contributed by atoms with Crippen molar-refractivity contribution in [3.8, 4) is 0 Å². The molecule has 0 aliphatic heterocycles. The van der Waals surface area contributed by atoms with Gasteiger partial charge in [0.05, 0.1) is 20.1 Å². The van der Waals surface area contributed by atoms with Gasteiger partial charge in [0.25, 0.3) is 0 Å². The molecule has 0 aliphatic carbocycles. The van der Waals surface area contributed by atoms with E-state index in [2.05, 4.69) is 20.9 Å². The second-order valence-corrected chi connectivity index (χ2v) is 8.11. The van der Waals surface area contributed by atoms with E-state index < -0.39 is 0 Å². The smallest absolute Gasteiger partial charge is 0.0768 e. The molecule has 146 valence electrons. The Morgan fingerprint density at radius 1 is 0.375 bits per heavy atom. The zero-order valence-electron chi connectivity index (χ0n) is 17.6. The van der Waals surface area contributed by atoms with E-state index >= 15 is 0 Å². The molecule has 0 fully saturated rings.